The van der Waals surface area contributed by atoms with Crippen LogP contribution in [0, 0.1) is 0 Å². The summed E-state index contributed by atoms with van der Waals surface area (Å²) in [6, 6.07) is 19.4. The molecular formula is C16H17NO. The van der Waals surface area contributed by atoms with Crippen LogP contribution in [-0.4, -0.2) is 11.7 Å². The summed E-state index contributed by atoms with van der Waals surface area (Å²) in [5.41, 5.74) is 8.32. The minimum absolute atomic E-state index is 0.411. The molecule has 2 aromatic carbocycles. The third-order valence-electron chi connectivity index (χ3n) is 2.85. The van der Waals surface area contributed by atoms with Gasteiger partial charge in [-0.05, 0) is 16.7 Å². The Balaban J connectivity index is 2.35. The molecule has 0 bridgehead atoms. The zero-order valence-corrected chi connectivity index (χ0v) is 10.2. The van der Waals surface area contributed by atoms with Crippen molar-refractivity contribution < 1.29 is 5.11 Å². The van der Waals surface area contributed by atoms with Crippen molar-refractivity contribution in [2.45, 2.75) is 6.10 Å². The molecule has 0 aliphatic carbocycles. The molecule has 0 aliphatic rings. The highest BCUT2D eigenvalue weighted by atomic mass is 16.3. The Bertz CT molecular complexity index is 505. The van der Waals surface area contributed by atoms with Gasteiger partial charge in [0.15, 0.2) is 0 Å². The topological polar surface area (TPSA) is 46.2 Å². The SMILES string of the molecule is NCC=C(c1ccccc1)C(O)c1ccccc1. The van der Waals surface area contributed by atoms with Gasteiger partial charge >= 0.3 is 0 Å². The van der Waals surface area contributed by atoms with Gasteiger partial charge in [-0.2, -0.15) is 0 Å². The molecule has 0 spiro atoms. The van der Waals surface area contributed by atoms with Crippen LogP contribution in [-0.2, 0) is 0 Å². The van der Waals surface area contributed by atoms with Crippen molar-refractivity contribution in [3.05, 3.63) is 77.9 Å². The molecule has 2 aromatic rings. The highest BCUT2D eigenvalue weighted by Crippen LogP contribution is 2.29. The van der Waals surface area contributed by atoms with Crippen molar-refractivity contribution in [1.82, 2.24) is 0 Å². The minimum atomic E-state index is -0.642. The van der Waals surface area contributed by atoms with Crippen molar-refractivity contribution in [3.63, 3.8) is 0 Å². The molecule has 1 unspecified atom stereocenters. The number of aliphatic hydroxyl groups excluding tert-OH is 1. The molecule has 92 valence electrons. The van der Waals surface area contributed by atoms with Gasteiger partial charge in [-0.15, -0.1) is 0 Å². The molecule has 18 heavy (non-hydrogen) atoms. The molecule has 0 radical (unpaired) electrons. The van der Waals surface area contributed by atoms with Crippen LogP contribution in [0.4, 0.5) is 0 Å². The second-order valence-corrected chi connectivity index (χ2v) is 4.07. The molecule has 0 fully saturated rings. The Kier molecular flexibility index (Phi) is 4.29. The van der Waals surface area contributed by atoms with Gasteiger partial charge in [0, 0.05) is 6.54 Å². The summed E-state index contributed by atoms with van der Waals surface area (Å²) in [4.78, 5) is 0. The van der Waals surface area contributed by atoms with E-state index in [1.807, 2.05) is 66.7 Å². The molecule has 1 atom stereocenters. The van der Waals surface area contributed by atoms with Crippen molar-refractivity contribution in [1.29, 1.82) is 0 Å². The van der Waals surface area contributed by atoms with E-state index in [4.69, 9.17) is 5.73 Å². The maximum atomic E-state index is 10.4. The quantitative estimate of drug-likeness (QED) is 0.861. The molecule has 0 saturated heterocycles. The zero-order valence-electron chi connectivity index (χ0n) is 10.2. The first-order valence-corrected chi connectivity index (χ1v) is 6.01. The van der Waals surface area contributed by atoms with E-state index in [0.29, 0.717) is 6.54 Å². The summed E-state index contributed by atoms with van der Waals surface area (Å²) in [5, 5.41) is 10.4. The molecule has 0 amide bonds. The van der Waals surface area contributed by atoms with Crippen LogP contribution in [0.5, 0.6) is 0 Å². The number of nitrogens with two attached hydrogens (primary N) is 1. The van der Waals surface area contributed by atoms with E-state index in [0.717, 1.165) is 16.7 Å². The Morgan fingerprint density at radius 3 is 2.11 bits per heavy atom. The fourth-order valence-corrected chi connectivity index (χ4v) is 1.96. The van der Waals surface area contributed by atoms with Crippen LogP contribution < -0.4 is 5.73 Å². The van der Waals surface area contributed by atoms with Crippen LogP contribution >= 0.6 is 0 Å². The van der Waals surface area contributed by atoms with E-state index in [1.54, 1.807) is 0 Å². The van der Waals surface area contributed by atoms with Gasteiger partial charge in [0.1, 0.15) is 6.10 Å². The summed E-state index contributed by atoms with van der Waals surface area (Å²) >= 11 is 0. The van der Waals surface area contributed by atoms with E-state index in [-0.39, 0.29) is 0 Å². The summed E-state index contributed by atoms with van der Waals surface area (Å²) in [6.45, 7) is 0.411. The van der Waals surface area contributed by atoms with E-state index < -0.39 is 6.10 Å². The van der Waals surface area contributed by atoms with Gasteiger partial charge < -0.3 is 10.8 Å². The van der Waals surface area contributed by atoms with Crippen molar-refractivity contribution in [2.75, 3.05) is 6.54 Å². The average Bonchev–Trinajstić information content (AvgIpc) is 2.46. The highest BCUT2D eigenvalue weighted by Gasteiger charge is 2.14. The lowest BCUT2D eigenvalue weighted by Crippen LogP contribution is -2.04. The summed E-state index contributed by atoms with van der Waals surface area (Å²) in [6.07, 6.45) is 1.23. The fraction of sp³-hybridized carbons (Fsp3) is 0.125. The average molecular weight is 239 g/mol. The molecule has 2 heteroatoms. The van der Waals surface area contributed by atoms with Crippen LogP contribution in [0.2, 0.25) is 0 Å². The lowest BCUT2D eigenvalue weighted by Gasteiger charge is -2.16. The third kappa shape index (κ3) is 2.86. The molecule has 0 aliphatic heterocycles. The first kappa shape index (κ1) is 12.6. The Morgan fingerprint density at radius 2 is 1.56 bits per heavy atom. The number of hydrogen-bond acceptors (Lipinski definition) is 2. The van der Waals surface area contributed by atoms with E-state index >= 15 is 0 Å². The first-order valence-electron chi connectivity index (χ1n) is 6.01. The van der Waals surface area contributed by atoms with Crippen LogP contribution in [0.1, 0.15) is 17.2 Å². The molecule has 2 nitrogen and oxygen atoms in total. The Morgan fingerprint density at radius 1 is 1.00 bits per heavy atom. The van der Waals surface area contributed by atoms with Crippen LogP contribution in [0.25, 0.3) is 5.57 Å². The molecular weight excluding hydrogens is 222 g/mol. The molecule has 0 heterocycles. The smallest absolute Gasteiger partial charge is 0.104 e. The van der Waals surface area contributed by atoms with Gasteiger partial charge in [0.2, 0.25) is 0 Å². The van der Waals surface area contributed by atoms with E-state index in [2.05, 4.69) is 0 Å². The molecule has 0 aromatic heterocycles. The zero-order chi connectivity index (χ0) is 12.8. The van der Waals surface area contributed by atoms with Crippen molar-refractivity contribution >= 4 is 5.57 Å². The number of hydrogen-bond donors (Lipinski definition) is 2. The lowest BCUT2D eigenvalue weighted by molar-refractivity contribution is 0.238. The van der Waals surface area contributed by atoms with Gasteiger partial charge in [0.05, 0.1) is 0 Å². The summed E-state index contributed by atoms with van der Waals surface area (Å²) < 4.78 is 0. The summed E-state index contributed by atoms with van der Waals surface area (Å²) in [7, 11) is 0. The predicted octanol–water partition coefficient (Wildman–Crippen LogP) is 2.76. The van der Waals surface area contributed by atoms with Crippen LogP contribution in [0.15, 0.2) is 66.7 Å². The minimum Gasteiger partial charge on any atom is -0.384 e. The van der Waals surface area contributed by atoms with Crippen molar-refractivity contribution in [3.8, 4) is 0 Å². The largest absolute Gasteiger partial charge is 0.384 e. The summed E-state index contributed by atoms with van der Waals surface area (Å²) in [5.74, 6) is 0. The Hall–Kier alpha value is -1.90. The molecule has 3 N–H and O–H groups in total. The number of aliphatic hydroxyl groups is 1. The lowest BCUT2D eigenvalue weighted by atomic mass is 9.95. The fourth-order valence-electron chi connectivity index (χ4n) is 1.96. The molecule has 2 rings (SSSR count). The monoisotopic (exact) mass is 239 g/mol. The predicted molar refractivity (Wildman–Crippen MR) is 74.9 cm³/mol. The molecule has 0 saturated carbocycles. The Labute approximate surface area is 107 Å². The first-order chi connectivity index (χ1) is 8.83. The standard InChI is InChI=1S/C16H17NO/c17-12-11-15(13-7-3-1-4-8-13)16(18)14-9-5-2-6-10-14/h1-11,16,18H,12,17H2. The van der Waals surface area contributed by atoms with Gasteiger partial charge in [-0.25, -0.2) is 0 Å². The second kappa shape index (κ2) is 6.15. The number of rotatable bonds is 4. The van der Waals surface area contributed by atoms with Crippen molar-refractivity contribution in [2.24, 2.45) is 5.73 Å². The van der Waals surface area contributed by atoms with E-state index in [9.17, 15) is 5.11 Å². The third-order valence-corrected chi connectivity index (χ3v) is 2.85. The highest BCUT2D eigenvalue weighted by molar-refractivity contribution is 5.70. The van der Waals surface area contributed by atoms with Gasteiger partial charge in [-0.3, -0.25) is 0 Å². The van der Waals surface area contributed by atoms with Crippen LogP contribution in [0.3, 0.4) is 0 Å². The maximum absolute atomic E-state index is 10.4. The normalized spacial score (nSPS) is 13.3. The van der Waals surface area contributed by atoms with Gasteiger partial charge in [0.25, 0.3) is 0 Å². The van der Waals surface area contributed by atoms with Gasteiger partial charge in [-0.1, -0.05) is 66.7 Å². The maximum Gasteiger partial charge on any atom is 0.104 e. The second-order valence-electron chi connectivity index (χ2n) is 4.07. The number of benzene rings is 2. The van der Waals surface area contributed by atoms with E-state index in [1.165, 1.54) is 0 Å².